The molecule has 0 unspecified atom stereocenters. The van der Waals surface area contributed by atoms with E-state index in [1.807, 2.05) is 31.2 Å². The number of thioether (sulfide) groups is 1. The summed E-state index contributed by atoms with van der Waals surface area (Å²) in [6, 6.07) is 13.1. The average molecular weight is 399 g/mol. The highest BCUT2D eigenvalue weighted by atomic mass is 32.2. The molecule has 28 heavy (non-hydrogen) atoms. The van der Waals surface area contributed by atoms with Gasteiger partial charge in [0.2, 0.25) is 0 Å². The van der Waals surface area contributed by atoms with Crippen LogP contribution in [0.25, 0.3) is 11.0 Å². The fourth-order valence-electron chi connectivity index (χ4n) is 2.58. The van der Waals surface area contributed by atoms with Crippen LogP contribution in [0.3, 0.4) is 0 Å². The number of nitrogens with one attached hydrogen (secondary N) is 3. The first kappa shape index (κ1) is 19.8. The molecule has 0 radical (unpaired) electrons. The molecule has 1 atom stereocenters. The fourth-order valence-corrected chi connectivity index (χ4v) is 3.34. The number of aryl methyl sites for hydroxylation is 1. The molecule has 3 N–H and O–H groups in total. The Morgan fingerprint density at radius 1 is 1.11 bits per heavy atom. The van der Waals surface area contributed by atoms with Crippen LogP contribution in [-0.2, 0) is 20.1 Å². The van der Waals surface area contributed by atoms with Crippen LogP contribution in [-0.4, -0.2) is 33.7 Å². The van der Waals surface area contributed by atoms with Crippen molar-refractivity contribution in [1.29, 1.82) is 0 Å². The van der Waals surface area contributed by atoms with E-state index in [0.717, 1.165) is 5.56 Å². The third-order valence-corrected chi connectivity index (χ3v) is 5.05. The van der Waals surface area contributed by atoms with E-state index >= 15 is 0 Å². The van der Waals surface area contributed by atoms with Gasteiger partial charge in [-0.25, -0.2) is 4.79 Å². The second-order valence-corrected chi connectivity index (χ2v) is 7.42. The van der Waals surface area contributed by atoms with Gasteiger partial charge in [-0.3, -0.25) is 9.59 Å². The number of H-pyrrole nitrogens is 2. The number of aromatic nitrogens is 2. The van der Waals surface area contributed by atoms with Crippen LogP contribution in [0.4, 0.5) is 5.69 Å². The van der Waals surface area contributed by atoms with Gasteiger partial charge in [0.25, 0.3) is 5.91 Å². The smallest absolute Gasteiger partial charge is 0.323 e. The van der Waals surface area contributed by atoms with E-state index in [0.29, 0.717) is 22.5 Å². The Morgan fingerprint density at radius 3 is 2.57 bits per heavy atom. The molecule has 0 aliphatic rings. The van der Waals surface area contributed by atoms with Crippen molar-refractivity contribution in [2.75, 3.05) is 11.1 Å². The molecule has 0 saturated heterocycles. The van der Waals surface area contributed by atoms with E-state index in [9.17, 15) is 14.4 Å². The number of imidazole rings is 1. The number of anilines is 1. The van der Waals surface area contributed by atoms with Crippen LogP contribution < -0.4 is 11.0 Å². The molecule has 3 rings (SSSR count). The van der Waals surface area contributed by atoms with Gasteiger partial charge >= 0.3 is 11.7 Å². The van der Waals surface area contributed by atoms with Crippen molar-refractivity contribution < 1.29 is 14.3 Å². The van der Waals surface area contributed by atoms with E-state index in [1.54, 1.807) is 18.2 Å². The van der Waals surface area contributed by atoms with Gasteiger partial charge < -0.3 is 20.0 Å². The minimum absolute atomic E-state index is 0.169. The van der Waals surface area contributed by atoms with Crippen molar-refractivity contribution in [2.45, 2.75) is 25.7 Å². The Balaban J connectivity index is 1.46. The van der Waals surface area contributed by atoms with Crippen LogP contribution in [0.1, 0.15) is 18.1 Å². The first-order chi connectivity index (χ1) is 13.4. The number of amides is 1. The predicted molar refractivity (Wildman–Crippen MR) is 110 cm³/mol. The summed E-state index contributed by atoms with van der Waals surface area (Å²) in [4.78, 5) is 40.7. The maximum atomic E-state index is 12.2. The standard InChI is InChI=1S/C20H21N3O4S/c1-12-3-5-14(6-4-12)10-28-11-18(24)27-13(2)19(25)21-15-7-8-16-17(9-15)23-20(26)22-16/h3-9,13H,10-11H2,1-2H3,(H,21,25)(H2,22,23,26)/t13-/m1/s1. The number of benzene rings is 2. The largest absolute Gasteiger partial charge is 0.452 e. The summed E-state index contributed by atoms with van der Waals surface area (Å²) in [5.41, 5.74) is 3.74. The first-order valence-electron chi connectivity index (χ1n) is 8.76. The number of hydrogen-bond acceptors (Lipinski definition) is 5. The third kappa shape index (κ3) is 5.26. The van der Waals surface area contributed by atoms with E-state index in [1.165, 1.54) is 24.2 Å². The summed E-state index contributed by atoms with van der Waals surface area (Å²) in [6.45, 7) is 3.55. The number of fused-ring (bicyclic) bond motifs is 1. The molecular weight excluding hydrogens is 378 g/mol. The van der Waals surface area contributed by atoms with Crippen LogP contribution in [0.5, 0.6) is 0 Å². The number of rotatable bonds is 7. The van der Waals surface area contributed by atoms with Gasteiger partial charge in [-0.2, -0.15) is 0 Å². The van der Waals surface area contributed by atoms with Gasteiger partial charge in [0.15, 0.2) is 6.10 Å². The molecule has 7 nitrogen and oxygen atoms in total. The minimum Gasteiger partial charge on any atom is -0.452 e. The normalized spacial score (nSPS) is 11.9. The van der Waals surface area contributed by atoms with E-state index < -0.39 is 18.0 Å². The lowest BCUT2D eigenvalue weighted by Crippen LogP contribution is -2.30. The molecule has 2 aromatic carbocycles. The first-order valence-corrected chi connectivity index (χ1v) is 9.92. The highest BCUT2D eigenvalue weighted by Crippen LogP contribution is 2.16. The maximum absolute atomic E-state index is 12.2. The van der Waals surface area contributed by atoms with Crippen molar-refractivity contribution in [2.24, 2.45) is 0 Å². The van der Waals surface area contributed by atoms with Gasteiger partial charge in [-0.1, -0.05) is 29.8 Å². The highest BCUT2D eigenvalue weighted by molar-refractivity contribution is 7.99. The van der Waals surface area contributed by atoms with Crippen molar-refractivity contribution >= 4 is 40.4 Å². The number of ether oxygens (including phenoxy) is 1. The van der Waals surface area contributed by atoms with Crippen LogP contribution in [0.15, 0.2) is 47.3 Å². The molecule has 0 aliphatic carbocycles. The third-order valence-electron chi connectivity index (χ3n) is 4.07. The summed E-state index contributed by atoms with van der Waals surface area (Å²) in [5.74, 6) is -0.00771. The SMILES string of the molecule is Cc1ccc(CSCC(=O)O[C@H](C)C(=O)Nc2ccc3[nH]c(=O)[nH]c3c2)cc1. The van der Waals surface area contributed by atoms with Crippen molar-refractivity contribution in [1.82, 2.24) is 9.97 Å². The lowest BCUT2D eigenvalue weighted by molar-refractivity contribution is -0.150. The van der Waals surface area contributed by atoms with E-state index in [-0.39, 0.29) is 11.4 Å². The quantitative estimate of drug-likeness (QED) is 0.530. The summed E-state index contributed by atoms with van der Waals surface area (Å²) in [5, 5.41) is 2.68. The predicted octanol–water partition coefficient (Wildman–Crippen LogP) is 2.97. The van der Waals surface area contributed by atoms with Gasteiger partial charge in [-0.15, -0.1) is 11.8 Å². The lowest BCUT2D eigenvalue weighted by atomic mass is 10.2. The molecule has 1 amide bonds. The molecule has 0 fully saturated rings. The van der Waals surface area contributed by atoms with Crippen molar-refractivity contribution in [3.63, 3.8) is 0 Å². The Labute approximate surface area is 165 Å². The number of carbonyl (C=O) groups is 2. The second kappa shape index (κ2) is 8.79. The van der Waals surface area contributed by atoms with Gasteiger partial charge in [-0.05, 0) is 37.6 Å². The average Bonchev–Trinajstić information content (AvgIpc) is 3.02. The molecule has 146 valence electrons. The maximum Gasteiger partial charge on any atom is 0.323 e. The van der Waals surface area contributed by atoms with Crippen molar-refractivity contribution in [3.05, 3.63) is 64.1 Å². The monoisotopic (exact) mass is 399 g/mol. The van der Waals surface area contributed by atoms with Gasteiger partial charge in [0.1, 0.15) is 0 Å². The Bertz CT molecular complexity index is 1040. The number of hydrogen-bond donors (Lipinski definition) is 3. The zero-order valence-corrected chi connectivity index (χ0v) is 16.4. The summed E-state index contributed by atoms with van der Waals surface area (Å²) < 4.78 is 5.20. The molecular formula is C20H21N3O4S. The summed E-state index contributed by atoms with van der Waals surface area (Å²) in [7, 11) is 0. The van der Waals surface area contributed by atoms with Gasteiger partial charge in [0, 0.05) is 11.4 Å². The Morgan fingerprint density at radius 2 is 1.82 bits per heavy atom. The fraction of sp³-hybridized carbons (Fsp3) is 0.250. The number of aromatic amines is 2. The van der Waals surface area contributed by atoms with Crippen LogP contribution >= 0.6 is 11.8 Å². The molecule has 0 spiro atoms. The molecule has 1 heterocycles. The molecule has 0 bridgehead atoms. The number of carbonyl (C=O) groups excluding carboxylic acids is 2. The number of esters is 1. The topological polar surface area (TPSA) is 104 Å². The summed E-state index contributed by atoms with van der Waals surface area (Å²) >= 11 is 1.44. The second-order valence-electron chi connectivity index (χ2n) is 6.44. The molecule has 1 aromatic heterocycles. The van der Waals surface area contributed by atoms with Crippen LogP contribution in [0.2, 0.25) is 0 Å². The van der Waals surface area contributed by atoms with Crippen molar-refractivity contribution in [3.8, 4) is 0 Å². The van der Waals surface area contributed by atoms with E-state index in [4.69, 9.17) is 4.74 Å². The Kier molecular flexibility index (Phi) is 6.20. The molecule has 3 aromatic rings. The molecule has 8 heteroatoms. The lowest BCUT2D eigenvalue weighted by Gasteiger charge is -2.13. The van der Waals surface area contributed by atoms with Crippen LogP contribution in [0, 0.1) is 6.92 Å². The molecule has 0 saturated carbocycles. The summed E-state index contributed by atoms with van der Waals surface area (Å²) in [6.07, 6.45) is -0.923. The van der Waals surface area contributed by atoms with Gasteiger partial charge in [0.05, 0.1) is 16.8 Å². The highest BCUT2D eigenvalue weighted by Gasteiger charge is 2.18. The molecule has 0 aliphatic heterocycles. The van der Waals surface area contributed by atoms with E-state index in [2.05, 4.69) is 15.3 Å². The zero-order chi connectivity index (χ0) is 20.1. The minimum atomic E-state index is -0.923. The Hall–Kier alpha value is -3.00. The zero-order valence-electron chi connectivity index (χ0n) is 15.6.